The van der Waals surface area contributed by atoms with Crippen molar-refractivity contribution in [2.24, 2.45) is 11.8 Å². The highest BCUT2D eigenvalue weighted by molar-refractivity contribution is 5.73. The van der Waals surface area contributed by atoms with Crippen LogP contribution in [0.2, 0.25) is 0 Å². The summed E-state index contributed by atoms with van der Waals surface area (Å²) in [6.45, 7) is 10.4. The fourth-order valence-corrected chi connectivity index (χ4v) is 1.16. The normalized spacial score (nSPS) is 12.4. The van der Waals surface area contributed by atoms with Crippen LogP contribution in [0, 0.1) is 11.8 Å². The number of ether oxygens (including phenoxy) is 1. The number of allylic oxidation sites excluding steroid dienone is 2. The lowest BCUT2D eigenvalue weighted by molar-refractivity contribution is -0.145. The van der Waals surface area contributed by atoms with Crippen LogP contribution in [0.5, 0.6) is 0 Å². The maximum atomic E-state index is 11.3. The Bertz CT molecular complexity index is 318. The highest BCUT2D eigenvalue weighted by Crippen LogP contribution is 2.04. The summed E-state index contributed by atoms with van der Waals surface area (Å²) in [5.74, 6) is 0.240. The summed E-state index contributed by atoms with van der Waals surface area (Å²) in [7, 11) is 0. The van der Waals surface area contributed by atoms with Gasteiger partial charge in [0.05, 0.1) is 12.5 Å². The average Bonchev–Trinajstić information content (AvgIpc) is 2.25. The van der Waals surface area contributed by atoms with E-state index in [0.717, 1.165) is 12.0 Å². The van der Waals surface area contributed by atoms with Gasteiger partial charge in [0.1, 0.15) is 0 Å². The molecule has 0 aliphatic rings. The molecule has 17 heavy (non-hydrogen) atoms. The van der Waals surface area contributed by atoms with Gasteiger partial charge in [-0.05, 0) is 44.8 Å². The topological polar surface area (TPSA) is 26.3 Å². The van der Waals surface area contributed by atoms with Crippen molar-refractivity contribution >= 4 is 5.97 Å². The van der Waals surface area contributed by atoms with Gasteiger partial charge in [-0.1, -0.05) is 26.0 Å². The van der Waals surface area contributed by atoms with Crippen molar-refractivity contribution in [3.05, 3.63) is 29.5 Å². The predicted molar refractivity (Wildman–Crippen MR) is 71.7 cm³/mol. The van der Waals surface area contributed by atoms with Gasteiger partial charge in [0.15, 0.2) is 0 Å². The van der Waals surface area contributed by atoms with Crippen LogP contribution in [0.15, 0.2) is 29.5 Å². The molecular formula is C15H24O2. The van der Waals surface area contributed by atoms with E-state index < -0.39 is 0 Å². The average molecular weight is 236 g/mol. The smallest absolute Gasteiger partial charge is 0.313 e. The lowest BCUT2D eigenvalue weighted by Crippen LogP contribution is -2.11. The van der Waals surface area contributed by atoms with Gasteiger partial charge < -0.3 is 4.74 Å². The van der Waals surface area contributed by atoms with E-state index in [1.165, 1.54) is 0 Å². The van der Waals surface area contributed by atoms with E-state index in [2.05, 4.69) is 25.7 Å². The molecule has 0 aliphatic heterocycles. The number of rotatable bonds is 6. The first-order chi connectivity index (χ1) is 7.97. The van der Waals surface area contributed by atoms with E-state index >= 15 is 0 Å². The Labute approximate surface area is 105 Å². The lowest BCUT2D eigenvalue weighted by atomic mass is 10.1. The van der Waals surface area contributed by atoms with Crippen molar-refractivity contribution in [3.8, 4) is 0 Å². The molecule has 0 heterocycles. The molecule has 0 N–H and O–H groups in total. The maximum Gasteiger partial charge on any atom is 0.313 e. The molecule has 0 aromatic carbocycles. The molecule has 0 aliphatic carbocycles. The Hall–Kier alpha value is -1.27. The number of esters is 1. The van der Waals surface area contributed by atoms with E-state index in [-0.39, 0.29) is 11.9 Å². The minimum Gasteiger partial charge on any atom is -0.466 e. The molecule has 0 saturated heterocycles. The van der Waals surface area contributed by atoms with Crippen LogP contribution in [0.25, 0.3) is 0 Å². The molecular weight excluding hydrogens is 212 g/mol. The number of carbonyl (C=O) groups is 1. The zero-order chi connectivity index (χ0) is 13.3. The standard InChI is InChI=1S/C15H24O2/c1-6-17-15(16)14(5)11-10-13(4)9-7-8-12(2)3/h7,9,11-12,14H,6,8H2,1-5H3. The molecule has 0 aromatic heterocycles. The molecule has 1 atom stereocenters. The lowest BCUT2D eigenvalue weighted by Gasteiger charge is -2.03. The van der Waals surface area contributed by atoms with Crippen molar-refractivity contribution in [2.45, 2.75) is 41.0 Å². The summed E-state index contributed by atoms with van der Waals surface area (Å²) in [6, 6.07) is 0. The maximum absolute atomic E-state index is 11.3. The highest BCUT2D eigenvalue weighted by Gasteiger charge is 2.08. The minimum atomic E-state index is -0.233. The monoisotopic (exact) mass is 236 g/mol. The Balaban J connectivity index is 4.35. The van der Waals surface area contributed by atoms with Crippen LogP contribution in [-0.2, 0) is 9.53 Å². The van der Waals surface area contributed by atoms with Crippen LogP contribution < -0.4 is 0 Å². The van der Waals surface area contributed by atoms with Gasteiger partial charge in [-0.2, -0.15) is 0 Å². The zero-order valence-corrected chi connectivity index (χ0v) is 11.6. The van der Waals surface area contributed by atoms with Crippen molar-refractivity contribution < 1.29 is 9.53 Å². The van der Waals surface area contributed by atoms with Crippen molar-refractivity contribution in [3.63, 3.8) is 0 Å². The molecule has 0 spiro atoms. The molecule has 96 valence electrons. The van der Waals surface area contributed by atoms with E-state index in [4.69, 9.17) is 4.74 Å². The predicted octanol–water partition coefficient (Wildman–Crippen LogP) is 3.89. The third-order valence-electron chi connectivity index (χ3n) is 2.19. The summed E-state index contributed by atoms with van der Waals surface area (Å²) in [5.41, 5.74) is 4.13. The van der Waals surface area contributed by atoms with Gasteiger partial charge in [-0.25, -0.2) is 0 Å². The molecule has 2 heteroatoms. The van der Waals surface area contributed by atoms with Crippen molar-refractivity contribution in [2.75, 3.05) is 6.61 Å². The Morgan fingerprint density at radius 1 is 1.35 bits per heavy atom. The van der Waals surface area contributed by atoms with Gasteiger partial charge in [0, 0.05) is 0 Å². The van der Waals surface area contributed by atoms with E-state index in [9.17, 15) is 4.79 Å². The van der Waals surface area contributed by atoms with E-state index in [1.807, 2.05) is 26.8 Å². The Morgan fingerprint density at radius 3 is 2.53 bits per heavy atom. The second-order valence-electron chi connectivity index (χ2n) is 4.57. The van der Waals surface area contributed by atoms with Gasteiger partial charge in [0.2, 0.25) is 0 Å². The zero-order valence-electron chi connectivity index (χ0n) is 11.6. The van der Waals surface area contributed by atoms with Gasteiger partial charge in [-0.3, -0.25) is 4.79 Å². The van der Waals surface area contributed by atoms with Crippen molar-refractivity contribution in [1.29, 1.82) is 0 Å². The summed E-state index contributed by atoms with van der Waals surface area (Å²) in [5, 5.41) is 0. The molecule has 0 rings (SSSR count). The highest BCUT2D eigenvalue weighted by atomic mass is 16.5. The van der Waals surface area contributed by atoms with Gasteiger partial charge >= 0.3 is 5.97 Å². The van der Waals surface area contributed by atoms with Gasteiger partial charge in [-0.15, -0.1) is 5.73 Å². The fraction of sp³-hybridized carbons (Fsp3) is 0.600. The van der Waals surface area contributed by atoms with Crippen LogP contribution in [0.1, 0.15) is 41.0 Å². The number of hydrogen-bond donors (Lipinski definition) is 0. The largest absolute Gasteiger partial charge is 0.466 e. The van der Waals surface area contributed by atoms with Gasteiger partial charge in [0.25, 0.3) is 0 Å². The third-order valence-corrected chi connectivity index (χ3v) is 2.19. The summed E-state index contributed by atoms with van der Waals surface area (Å²) in [6.07, 6.45) is 6.99. The minimum absolute atomic E-state index is 0.195. The summed E-state index contributed by atoms with van der Waals surface area (Å²) >= 11 is 0. The molecule has 0 saturated carbocycles. The molecule has 0 bridgehead atoms. The molecule has 2 nitrogen and oxygen atoms in total. The summed E-state index contributed by atoms with van der Waals surface area (Å²) in [4.78, 5) is 11.3. The third kappa shape index (κ3) is 8.53. The molecule has 0 fully saturated rings. The Morgan fingerprint density at radius 2 is 2.00 bits per heavy atom. The molecule has 1 unspecified atom stereocenters. The summed E-state index contributed by atoms with van der Waals surface area (Å²) < 4.78 is 4.91. The van der Waals surface area contributed by atoms with Crippen LogP contribution in [-0.4, -0.2) is 12.6 Å². The number of hydrogen-bond acceptors (Lipinski definition) is 2. The first-order valence-electron chi connectivity index (χ1n) is 6.24. The fourth-order valence-electron chi connectivity index (χ4n) is 1.16. The Kier molecular flexibility index (Phi) is 8.17. The molecule has 0 amide bonds. The van der Waals surface area contributed by atoms with E-state index in [1.54, 1.807) is 6.08 Å². The SMILES string of the molecule is CCOC(=O)C(C)C=C=C(C)C=CCC(C)C. The van der Waals surface area contributed by atoms with Crippen molar-refractivity contribution in [1.82, 2.24) is 0 Å². The second-order valence-corrected chi connectivity index (χ2v) is 4.57. The van der Waals surface area contributed by atoms with Crippen LogP contribution >= 0.6 is 0 Å². The quantitative estimate of drug-likeness (QED) is 0.397. The van der Waals surface area contributed by atoms with E-state index in [0.29, 0.717) is 12.5 Å². The number of carbonyl (C=O) groups excluding carboxylic acids is 1. The molecule has 0 aromatic rings. The first-order valence-corrected chi connectivity index (χ1v) is 6.24. The molecule has 0 radical (unpaired) electrons. The van der Waals surface area contributed by atoms with Crippen LogP contribution in [0.4, 0.5) is 0 Å². The first kappa shape index (κ1) is 15.7. The van der Waals surface area contributed by atoms with Crippen LogP contribution in [0.3, 0.4) is 0 Å². The second kappa shape index (κ2) is 8.83.